The molecule has 0 bridgehead atoms. The van der Waals surface area contributed by atoms with Crippen LogP contribution in [-0.4, -0.2) is 43.8 Å². The van der Waals surface area contributed by atoms with E-state index >= 15 is 0 Å². The van der Waals surface area contributed by atoms with Crippen LogP contribution < -0.4 is 9.62 Å². The third kappa shape index (κ3) is 8.24. The maximum Gasteiger partial charge on any atom is 0.264 e. The van der Waals surface area contributed by atoms with Gasteiger partial charge in [-0.3, -0.25) is 13.9 Å². The molecule has 2 amide bonds. The molecule has 7 nitrogen and oxygen atoms in total. The molecule has 43 heavy (non-hydrogen) atoms. The Hall–Kier alpha value is -2.78. The van der Waals surface area contributed by atoms with Crippen LogP contribution in [0.3, 0.4) is 0 Å². The lowest BCUT2D eigenvalue weighted by Gasteiger charge is -2.33. The molecule has 1 aliphatic carbocycles. The van der Waals surface area contributed by atoms with Crippen LogP contribution in [0.4, 0.5) is 5.69 Å². The molecule has 4 rings (SSSR count). The van der Waals surface area contributed by atoms with Crippen LogP contribution in [-0.2, 0) is 26.2 Å². The SMILES string of the molecule is Cc1ccc(S(=O)(=O)N(CC(=O)N(Cc2ccc(Cl)cc2Cl)C(C)C(=O)NC2CCCCC2)c2cc(Cl)ccc2C)cc1. The zero-order valence-corrected chi connectivity index (χ0v) is 27.5. The van der Waals surface area contributed by atoms with Crippen molar-refractivity contribution < 1.29 is 18.0 Å². The minimum absolute atomic E-state index is 0.0267. The van der Waals surface area contributed by atoms with Crippen LogP contribution in [0.5, 0.6) is 0 Å². The van der Waals surface area contributed by atoms with Crippen molar-refractivity contribution in [2.75, 3.05) is 10.8 Å². The Kier molecular flexibility index (Phi) is 11.0. The summed E-state index contributed by atoms with van der Waals surface area (Å²) in [6.07, 6.45) is 4.97. The summed E-state index contributed by atoms with van der Waals surface area (Å²) in [6, 6.07) is 15.3. The zero-order chi connectivity index (χ0) is 31.3. The summed E-state index contributed by atoms with van der Waals surface area (Å²) < 4.78 is 29.2. The van der Waals surface area contributed by atoms with E-state index in [4.69, 9.17) is 34.8 Å². The van der Waals surface area contributed by atoms with Gasteiger partial charge in [0.05, 0.1) is 10.6 Å². The van der Waals surface area contributed by atoms with E-state index in [1.807, 2.05) is 6.92 Å². The third-order valence-corrected chi connectivity index (χ3v) is 10.4. The fourth-order valence-corrected chi connectivity index (χ4v) is 7.29. The Bertz CT molecular complexity index is 1580. The molecule has 1 unspecified atom stereocenters. The first-order chi connectivity index (χ1) is 20.4. The van der Waals surface area contributed by atoms with Gasteiger partial charge < -0.3 is 10.2 Å². The van der Waals surface area contributed by atoms with Gasteiger partial charge >= 0.3 is 0 Å². The summed E-state index contributed by atoms with van der Waals surface area (Å²) in [7, 11) is -4.21. The van der Waals surface area contributed by atoms with Crippen molar-refractivity contribution in [3.63, 3.8) is 0 Å². The Labute approximate surface area is 269 Å². The van der Waals surface area contributed by atoms with Crippen LogP contribution in [0.1, 0.15) is 55.7 Å². The van der Waals surface area contributed by atoms with Crippen molar-refractivity contribution in [3.8, 4) is 0 Å². The van der Waals surface area contributed by atoms with E-state index in [0.717, 1.165) is 42.0 Å². The van der Waals surface area contributed by atoms with Gasteiger partial charge in [-0.15, -0.1) is 0 Å². The van der Waals surface area contributed by atoms with Crippen LogP contribution in [0.25, 0.3) is 0 Å². The van der Waals surface area contributed by atoms with Gasteiger partial charge in [0.1, 0.15) is 12.6 Å². The second kappa shape index (κ2) is 14.3. The number of sulfonamides is 1. The molecular formula is C32H36Cl3N3O4S. The van der Waals surface area contributed by atoms with Gasteiger partial charge in [-0.1, -0.05) is 83.9 Å². The average Bonchev–Trinajstić information content (AvgIpc) is 2.97. The lowest BCUT2D eigenvalue weighted by atomic mass is 9.95. The monoisotopic (exact) mass is 663 g/mol. The molecule has 11 heteroatoms. The second-order valence-corrected chi connectivity index (χ2v) is 14.2. The quantitative estimate of drug-likeness (QED) is 0.246. The Morgan fingerprint density at radius 2 is 1.53 bits per heavy atom. The van der Waals surface area contributed by atoms with E-state index in [0.29, 0.717) is 26.2 Å². The number of carbonyl (C=O) groups is 2. The highest BCUT2D eigenvalue weighted by Crippen LogP contribution is 2.31. The van der Waals surface area contributed by atoms with E-state index in [-0.39, 0.29) is 29.1 Å². The normalized spacial score (nSPS) is 14.7. The fourth-order valence-electron chi connectivity index (χ4n) is 5.19. The largest absolute Gasteiger partial charge is 0.352 e. The first kappa shape index (κ1) is 33.1. The standard InChI is InChI=1S/C32H36Cl3N3O4S/c1-21-9-15-28(16-10-21)43(41,42)38(30-18-26(34)13-11-22(30)2)20-31(39)37(19-24-12-14-25(33)17-29(24)35)23(3)32(40)36-27-7-5-4-6-8-27/h9-18,23,27H,4-8,19-20H2,1-3H3,(H,36,40). The molecule has 230 valence electrons. The molecule has 1 atom stereocenters. The highest BCUT2D eigenvalue weighted by atomic mass is 35.5. The van der Waals surface area contributed by atoms with E-state index in [1.165, 1.54) is 23.1 Å². The van der Waals surface area contributed by atoms with Crippen molar-refractivity contribution >= 4 is 62.3 Å². The summed E-state index contributed by atoms with van der Waals surface area (Å²) in [5.41, 5.74) is 2.35. The minimum Gasteiger partial charge on any atom is -0.352 e. The first-order valence-electron chi connectivity index (χ1n) is 14.3. The van der Waals surface area contributed by atoms with Crippen molar-refractivity contribution in [1.82, 2.24) is 10.2 Å². The summed E-state index contributed by atoms with van der Waals surface area (Å²) in [6.45, 7) is 4.66. The molecule has 0 saturated heterocycles. The van der Waals surface area contributed by atoms with E-state index in [1.54, 1.807) is 56.3 Å². The molecule has 3 aromatic carbocycles. The maximum atomic E-state index is 14.2. The number of nitrogens with one attached hydrogen (secondary N) is 1. The Morgan fingerprint density at radius 1 is 0.907 bits per heavy atom. The summed E-state index contributed by atoms with van der Waals surface area (Å²) >= 11 is 18.9. The van der Waals surface area contributed by atoms with Gasteiger partial charge in [0.2, 0.25) is 11.8 Å². The van der Waals surface area contributed by atoms with Gasteiger partial charge in [-0.2, -0.15) is 0 Å². The van der Waals surface area contributed by atoms with Crippen LogP contribution >= 0.6 is 34.8 Å². The second-order valence-electron chi connectivity index (χ2n) is 11.0. The highest BCUT2D eigenvalue weighted by molar-refractivity contribution is 7.92. The predicted octanol–water partition coefficient (Wildman–Crippen LogP) is 7.33. The average molecular weight is 665 g/mol. The molecular weight excluding hydrogens is 629 g/mol. The van der Waals surface area contributed by atoms with Crippen molar-refractivity contribution in [2.24, 2.45) is 0 Å². The minimum atomic E-state index is -4.21. The number of carbonyl (C=O) groups excluding carboxylic acids is 2. The molecule has 3 aromatic rings. The van der Waals surface area contributed by atoms with Crippen molar-refractivity contribution in [3.05, 3.63) is 92.4 Å². The molecule has 0 aromatic heterocycles. The maximum absolute atomic E-state index is 14.2. The topological polar surface area (TPSA) is 86.8 Å². The molecule has 0 radical (unpaired) electrons. The van der Waals surface area contributed by atoms with Crippen LogP contribution in [0.2, 0.25) is 15.1 Å². The van der Waals surface area contributed by atoms with Crippen LogP contribution in [0.15, 0.2) is 65.6 Å². The summed E-state index contributed by atoms with van der Waals surface area (Å²) in [5, 5.41) is 4.18. The molecule has 0 heterocycles. The number of hydrogen-bond acceptors (Lipinski definition) is 4. The van der Waals surface area contributed by atoms with E-state index < -0.39 is 28.5 Å². The smallest absolute Gasteiger partial charge is 0.264 e. The zero-order valence-electron chi connectivity index (χ0n) is 24.4. The number of anilines is 1. The van der Waals surface area contributed by atoms with Gasteiger partial charge in [0, 0.05) is 27.7 Å². The Morgan fingerprint density at radius 3 is 2.19 bits per heavy atom. The number of rotatable bonds is 10. The molecule has 0 spiro atoms. The predicted molar refractivity (Wildman–Crippen MR) is 173 cm³/mol. The van der Waals surface area contributed by atoms with E-state index in [9.17, 15) is 18.0 Å². The van der Waals surface area contributed by atoms with Gasteiger partial charge in [-0.25, -0.2) is 8.42 Å². The van der Waals surface area contributed by atoms with Gasteiger partial charge in [0.25, 0.3) is 10.0 Å². The van der Waals surface area contributed by atoms with E-state index in [2.05, 4.69) is 5.32 Å². The van der Waals surface area contributed by atoms with Gasteiger partial charge in [0.15, 0.2) is 0 Å². The highest BCUT2D eigenvalue weighted by Gasteiger charge is 2.34. The first-order valence-corrected chi connectivity index (χ1v) is 16.8. The molecule has 1 N–H and O–H groups in total. The molecule has 0 aliphatic heterocycles. The van der Waals surface area contributed by atoms with Crippen LogP contribution in [0, 0.1) is 13.8 Å². The van der Waals surface area contributed by atoms with Gasteiger partial charge in [-0.05, 0) is 81.1 Å². The number of amides is 2. The summed E-state index contributed by atoms with van der Waals surface area (Å²) in [4.78, 5) is 29.1. The van der Waals surface area contributed by atoms with Crippen molar-refractivity contribution in [1.29, 1.82) is 0 Å². The summed E-state index contributed by atoms with van der Waals surface area (Å²) in [5.74, 6) is -0.885. The number of nitrogens with zero attached hydrogens (tertiary/aromatic N) is 2. The number of hydrogen-bond donors (Lipinski definition) is 1. The molecule has 1 saturated carbocycles. The lowest BCUT2D eigenvalue weighted by molar-refractivity contribution is -0.139. The number of benzene rings is 3. The number of halogens is 3. The lowest BCUT2D eigenvalue weighted by Crippen LogP contribution is -2.53. The molecule has 1 aliphatic rings. The fraction of sp³-hybridized carbons (Fsp3) is 0.375. The molecule has 1 fully saturated rings. The Balaban J connectivity index is 1.73. The van der Waals surface area contributed by atoms with Crippen molar-refractivity contribution in [2.45, 2.75) is 76.4 Å². The number of aryl methyl sites for hydroxylation is 2. The third-order valence-electron chi connectivity index (χ3n) is 7.80.